The number of carboxylic acid groups (broad SMARTS) is 1. The van der Waals surface area contributed by atoms with E-state index in [2.05, 4.69) is 10.6 Å². The zero-order chi connectivity index (χ0) is 10.4. The number of carboxylic acids is 1. The van der Waals surface area contributed by atoms with Crippen LogP contribution in [-0.2, 0) is 9.59 Å². The highest BCUT2D eigenvalue weighted by Gasteiger charge is 2.13. The van der Waals surface area contributed by atoms with Crippen molar-refractivity contribution in [1.82, 2.24) is 10.6 Å². The third-order valence-corrected chi connectivity index (χ3v) is 1.19. The summed E-state index contributed by atoms with van der Waals surface area (Å²) >= 11 is 0. The van der Waals surface area contributed by atoms with Crippen LogP contribution in [0.2, 0.25) is 0 Å². The van der Waals surface area contributed by atoms with Crippen LogP contribution >= 0.6 is 0 Å². The van der Waals surface area contributed by atoms with Crippen molar-refractivity contribution in [2.75, 3.05) is 6.54 Å². The Labute approximate surface area is 74.8 Å². The van der Waals surface area contributed by atoms with E-state index < -0.39 is 17.9 Å². The number of guanidine groups is 1. The molecule has 0 heterocycles. The van der Waals surface area contributed by atoms with Gasteiger partial charge in [-0.1, -0.05) is 0 Å². The molecular formula is C6H12N4O3. The van der Waals surface area contributed by atoms with Crippen LogP contribution in [0.5, 0.6) is 0 Å². The molecule has 0 aromatic rings. The van der Waals surface area contributed by atoms with Gasteiger partial charge in [-0.05, 0) is 6.92 Å². The molecule has 0 radical (unpaired) electrons. The van der Waals surface area contributed by atoms with Gasteiger partial charge in [0.1, 0.15) is 6.04 Å². The highest BCUT2D eigenvalue weighted by atomic mass is 16.4. The van der Waals surface area contributed by atoms with Crippen LogP contribution in [0.3, 0.4) is 0 Å². The van der Waals surface area contributed by atoms with Crippen molar-refractivity contribution in [2.45, 2.75) is 13.0 Å². The van der Waals surface area contributed by atoms with Gasteiger partial charge in [-0.3, -0.25) is 15.0 Å². The summed E-state index contributed by atoms with van der Waals surface area (Å²) in [5, 5.41) is 19.6. The summed E-state index contributed by atoms with van der Waals surface area (Å²) in [6.45, 7) is 1.14. The van der Waals surface area contributed by atoms with Gasteiger partial charge in [0.2, 0.25) is 5.91 Å². The number of rotatable bonds is 4. The molecule has 0 bridgehead atoms. The summed E-state index contributed by atoms with van der Waals surface area (Å²) in [6.07, 6.45) is 0. The first kappa shape index (κ1) is 11.2. The van der Waals surface area contributed by atoms with E-state index in [9.17, 15) is 9.59 Å². The maximum absolute atomic E-state index is 10.9. The van der Waals surface area contributed by atoms with Crippen LogP contribution in [0.1, 0.15) is 6.92 Å². The highest BCUT2D eigenvalue weighted by molar-refractivity contribution is 5.87. The Morgan fingerprint density at radius 3 is 2.54 bits per heavy atom. The van der Waals surface area contributed by atoms with E-state index in [1.54, 1.807) is 0 Å². The molecule has 0 rings (SSSR count). The molecule has 0 aromatic heterocycles. The van der Waals surface area contributed by atoms with Crippen molar-refractivity contribution in [3.05, 3.63) is 0 Å². The molecule has 0 unspecified atom stereocenters. The predicted octanol–water partition coefficient (Wildman–Crippen LogP) is -1.94. The number of nitrogens with two attached hydrogens (primary N) is 1. The van der Waals surface area contributed by atoms with E-state index in [4.69, 9.17) is 16.2 Å². The minimum Gasteiger partial charge on any atom is -0.480 e. The molecule has 0 saturated heterocycles. The Morgan fingerprint density at radius 2 is 2.15 bits per heavy atom. The first-order valence-electron chi connectivity index (χ1n) is 3.53. The summed E-state index contributed by atoms with van der Waals surface area (Å²) < 4.78 is 0. The average molecular weight is 188 g/mol. The largest absolute Gasteiger partial charge is 0.480 e. The second kappa shape index (κ2) is 4.96. The van der Waals surface area contributed by atoms with E-state index >= 15 is 0 Å². The molecule has 0 aliphatic carbocycles. The minimum absolute atomic E-state index is 0.201. The van der Waals surface area contributed by atoms with Gasteiger partial charge in [0.05, 0.1) is 6.54 Å². The third kappa shape index (κ3) is 5.48. The first-order valence-corrected chi connectivity index (χ1v) is 3.53. The first-order chi connectivity index (χ1) is 5.93. The van der Waals surface area contributed by atoms with Crippen LogP contribution < -0.4 is 16.4 Å². The lowest BCUT2D eigenvalue weighted by Crippen LogP contribution is -2.45. The Bertz CT molecular complexity index is 228. The van der Waals surface area contributed by atoms with Crippen molar-refractivity contribution in [3.8, 4) is 0 Å². The van der Waals surface area contributed by atoms with E-state index in [0.29, 0.717) is 0 Å². The summed E-state index contributed by atoms with van der Waals surface area (Å²) in [5.41, 5.74) is 4.91. The number of carbonyl (C=O) groups is 2. The van der Waals surface area contributed by atoms with Gasteiger partial charge < -0.3 is 21.5 Å². The summed E-state index contributed by atoms with van der Waals surface area (Å²) in [5.74, 6) is -1.97. The highest BCUT2D eigenvalue weighted by Crippen LogP contribution is 1.79. The Balaban J connectivity index is 3.74. The number of hydrogen-bond donors (Lipinski definition) is 5. The molecule has 1 atom stereocenters. The second-order valence-corrected chi connectivity index (χ2v) is 2.39. The molecule has 74 valence electrons. The summed E-state index contributed by atoms with van der Waals surface area (Å²) in [7, 11) is 0. The fourth-order valence-electron chi connectivity index (χ4n) is 0.530. The SMILES string of the molecule is C[C@H](NC(=O)CNC(=N)N)C(=O)O. The lowest BCUT2D eigenvalue weighted by molar-refractivity contribution is -0.141. The van der Waals surface area contributed by atoms with E-state index in [1.165, 1.54) is 6.92 Å². The van der Waals surface area contributed by atoms with Gasteiger partial charge in [-0.15, -0.1) is 0 Å². The van der Waals surface area contributed by atoms with Crippen LogP contribution in [0.25, 0.3) is 0 Å². The normalized spacial score (nSPS) is 11.5. The topological polar surface area (TPSA) is 128 Å². The molecule has 7 nitrogen and oxygen atoms in total. The van der Waals surface area contributed by atoms with Gasteiger partial charge in [-0.2, -0.15) is 0 Å². The van der Waals surface area contributed by atoms with Crippen molar-refractivity contribution in [2.24, 2.45) is 5.73 Å². The lowest BCUT2D eigenvalue weighted by Gasteiger charge is -2.09. The van der Waals surface area contributed by atoms with Crippen LogP contribution in [-0.4, -0.2) is 35.5 Å². The average Bonchev–Trinajstić information content (AvgIpc) is 2.00. The quantitative estimate of drug-likeness (QED) is 0.259. The minimum atomic E-state index is -1.11. The van der Waals surface area contributed by atoms with E-state index in [-0.39, 0.29) is 12.5 Å². The Morgan fingerprint density at radius 1 is 1.62 bits per heavy atom. The second-order valence-electron chi connectivity index (χ2n) is 2.39. The molecule has 0 aromatic carbocycles. The molecule has 1 amide bonds. The Kier molecular flexibility index (Phi) is 4.28. The van der Waals surface area contributed by atoms with Crippen LogP contribution in [0.4, 0.5) is 0 Å². The predicted molar refractivity (Wildman–Crippen MR) is 45.2 cm³/mol. The third-order valence-electron chi connectivity index (χ3n) is 1.19. The standard InChI is InChI=1S/C6H12N4O3/c1-3(5(12)13)10-4(11)2-9-6(7)8/h3H,2H2,1H3,(H,10,11)(H,12,13)(H4,7,8,9)/t3-/m0/s1. The van der Waals surface area contributed by atoms with Gasteiger partial charge >= 0.3 is 5.97 Å². The molecular weight excluding hydrogens is 176 g/mol. The summed E-state index contributed by atoms with van der Waals surface area (Å²) in [6, 6.07) is -0.943. The van der Waals surface area contributed by atoms with Gasteiger partial charge in [0.25, 0.3) is 0 Å². The number of nitrogens with one attached hydrogen (secondary N) is 3. The molecule has 0 aliphatic rings. The number of aliphatic carboxylic acids is 1. The van der Waals surface area contributed by atoms with Crippen LogP contribution in [0, 0.1) is 5.41 Å². The van der Waals surface area contributed by atoms with Crippen molar-refractivity contribution in [3.63, 3.8) is 0 Å². The number of carbonyl (C=O) groups excluding carboxylic acids is 1. The van der Waals surface area contributed by atoms with Crippen LogP contribution in [0.15, 0.2) is 0 Å². The van der Waals surface area contributed by atoms with E-state index in [0.717, 1.165) is 0 Å². The zero-order valence-electron chi connectivity index (χ0n) is 7.13. The fraction of sp³-hybridized carbons (Fsp3) is 0.500. The summed E-state index contributed by atoms with van der Waals surface area (Å²) in [4.78, 5) is 21.1. The van der Waals surface area contributed by atoms with Gasteiger partial charge in [-0.25, -0.2) is 0 Å². The lowest BCUT2D eigenvalue weighted by atomic mass is 10.3. The van der Waals surface area contributed by atoms with Crippen molar-refractivity contribution >= 4 is 17.8 Å². The molecule has 0 spiro atoms. The maximum atomic E-state index is 10.9. The number of hydrogen-bond acceptors (Lipinski definition) is 3. The van der Waals surface area contributed by atoms with E-state index in [1.807, 2.05) is 0 Å². The van der Waals surface area contributed by atoms with Gasteiger partial charge in [0.15, 0.2) is 5.96 Å². The Hall–Kier alpha value is -1.79. The molecule has 7 heteroatoms. The van der Waals surface area contributed by atoms with Gasteiger partial charge in [0, 0.05) is 0 Å². The fourth-order valence-corrected chi connectivity index (χ4v) is 0.530. The molecule has 0 aliphatic heterocycles. The molecule has 0 saturated carbocycles. The molecule has 13 heavy (non-hydrogen) atoms. The number of amides is 1. The molecule has 6 N–H and O–H groups in total. The van der Waals surface area contributed by atoms with Crippen molar-refractivity contribution in [1.29, 1.82) is 5.41 Å². The smallest absolute Gasteiger partial charge is 0.325 e. The van der Waals surface area contributed by atoms with Crippen molar-refractivity contribution < 1.29 is 14.7 Å². The molecule has 0 fully saturated rings. The maximum Gasteiger partial charge on any atom is 0.325 e. The monoisotopic (exact) mass is 188 g/mol. The zero-order valence-corrected chi connectivity index (χ0v) is 7.13.